The highest BCUT2D eigenvalue weighted by Gasteiger charge is 2.10. The van der Waals surface area contributed by atoms with Crippen LogP contribution in [0.2, 0.25) is 0 Å². The number of hydrogen-bond donors (Lipinski definition) is 1. The number of thioether (sulfide) groups is 1. The van der Waals surface area contributed by atoms with Crippen LogP contribution in [0.1, 0.15) is 18.5 Å². The molecule has 0 saturated carbocycles. The molecule has 1 atom stereocenters. The third kappa shape index (κ3) is 4.68. The molecule has 0 heterocycles. The maximum atomic E-state index is 3.55. The highest BCUT2D eigenvalue weighted by atomic mass is 79.9. The van der Waals surface area contributed by atoms with Gasteiger partial charge in [0.2, 0.25) is 0 Å². The molecule has 19 heavy (non-hydrogen) atoms. The molecule has 0 aliphatic rings. The summed E-state index contributed by atoms with van der Waals surface area (Å²) in [5, 5.41) is 3.55. The number of halogens is 1. The lowest BCUT2D eigenvalue weighted by Crippen LogP contribution is -2.22. The summed E-state index contributed by atoms with van der Waals surface area (Å²) in [5.74, 6) is 1.04. The molecule has 0 amide bonds. The molecule has 100 valence electrons. The largest absolute Gasteiger partial charge is 0.309 e. The summed E-state index contributed by atoms with van der Waals surface area (Å²) in [7, 11) is 0. The van der Waals surface area contributed by atoms with Crippen LogP contribution in [0.15, 0.2) is 64.0 Å². The van der Waals surface area contributed by atoms with Gasteiger partial charge in [0.25, 0.3) is 0 Å². The van der Waals surface area contributed by atoms with E-state index in [1.165, 1.54) is 10.5 Å². The molecule has 1 unspecified atom stereocenters. The predicted molar refractivity (Wildman–Crippen MR) is 87.7 cm³/mol. The first-order chi connectivity index (χ1) is 9.29. The van der Waals surface area contributed by atoms with Crippen LogP contribution in [0.5, 0.6) is 0 Å². The van der Waals surface area contributed by atoms with Crippen molar-refractivity contribution < 1.29 is 0 Å². The van der Waals surface area contributed by atoms with Crippen molar-refractivity contribution in [1.82, 2.24) is 5.32 Å². The maximum Gasteiger partial charge on any atom is 0.0415 e. The van der Waals surface area contributed by atoms with E-state index in [4.69, 9.17) is 0 Å². The van der Waals surface area contributed by atoms with E-state index in [2.05, 4.69) is 82.8 Å². The van der Waals surface area contributed by atoms with Crippen LogP contribution in [0.4, 0.5) is 0 Å². The zero-order valence-corrected chi connectivity index (χ0v) is 13.4. The smallest absolute Gasteiger partial charge is 0.0415 e. The van der Waals surface area contributed by atoms with Crippen molar-refractivity contribution in [2.24, 2.45) is 0 Å². The van der Waals surface area contributed by atoms with Crippen molar-refractivity contribution in [3.63, 3.8) is 0 Å². The van der Waals surface area contributed by atoms with E-state index in [-0.39, 0.29) is 0 Å². The van der Waals surface area contributed by atoms with E-state index in [0.717, 1.165) is 16.8 Å². The van der Waals surface area contributed by atoms with Crippen LogP contribution in [0.25, 0.3) is 0 Å². The van der Waals surface area contributed by atoms with Gasteiger partial charge in [-0.25, -0.2) is 0 Å². The number of hydrogen-bond acceptors (Lipinski definition) is 2. The fraction of sp³-hybridized carbons (Fsp3) is 0.250. The number of benzene rings is 2. The normalized spacial score (nSPS) is 12.3. The van der Waals surface area contributed by atoms with Crippen molar-refractivity contribution in [2.75, 3.05) is 12.3 Å². The highest BCUT2D eigenvalue weighted by Crippen LogP contribution is 2.25. The molecule has 0 spiro atoms. The summed E-state index contributed by atoms with van der Waals surface area (Å²) in [6.07, 6.45) is 0. The molecule has 0 saturated heterocycles. The molecule has 0 aromatic heterocycles. The highest BCUT2D eigenvalue weighted by molar-refractivity contribution is 9.10. The summed E-state index contributed by atoms with van der Waals surface area (Å²) >= 11 is 5.35. The predicted octanol–water partition coefficient (Wildman–Crippen LogP) is 4.89. The lowest BCUT2D eigenvalue weighted by atomic mass is 10.1. The minimum atomic E-state index is 0.403. The van der Waals surface area contributed by atoms with Gasteiger partial charge in [0, 0.05) is 21.2 Å². The van der Waals surface area contributed by atoms with Gasteiger partial charge in [-0.2, -0.15) is 0 Å². The monoisotopic (exact) mass is 335 g/mol. The molecule has 1 nitrogen and oxygen atoms in total. The molecule has 3 heteroatoms. The molecule has 2 aromatic rings. The van der Waals surface area contributed by atoms with Gasteiger partial charge >= 0.3 is 0 Å². The minimum absolute atomic E-state index is 0.403. The molecule has 0 aliphatic heterocycles. The fourth-order valence-electron chi connectivity index (χ4n) is 1.92. The van der Waals surface area contributed by atoms with Crippen molar-refractivity contribution >= 4 is 27.7 Å². The van der Waals surface area contributed by atoms with Crippen molar-refractivity contribution in [3.05, 3.63) is 64.6 Å². The fourth-order valence-corrected chi connectivity index (χ4v) is 3.18. The van der Waals surface area contributed by atoms with E-state index in [1.54, 1.807) is 0 Å². The molecule has 1 N–H and O–H groups in total. The van der Waals surface area contributed by atoms with Crippen LogP contribution in [0, 0.1) is 0 Å². The van der Waals surface area contributed by atoms with Crippen molar-refractivity contribution in [3.8, 4) is 0 Å². The first-order valence-electron chi connectivity index (χ1n) is 6.46. The van der Waals surface area contributed by atoms with Crippen LogP contribution in [0.3, 0.4) is 0 Å². The zero-order chi connectivity index (χ0) is 13.5. The van der Waals surface area contributed by atoms with Gasteiger partial charge < -0.3 is 5.32 Å². The van der Waals surface area contributed by atoms with Gasteiger partial charge in [-0.15, -0.1) is 11.8 Å². The van der Waals surface area contributed by atoms with E-state index >= 15 is 0 Å². The Hall–Kier alpha value is -0.770. The first-order valence-corrected chi connectivity index (χ1v) is 8.24. The van der Waals surface area contributed by atoms with Crippen LogP contribution < -0.4 is 5.32 Å². The van der Waals surface area contributed by atoms with E-state index < -0.39 is 0 Å². The third-order valence-corrected chi connectivity index (χ3v) is 4.52. The van der Waals surface area contributed by atoms with Crippen LogP contribution >= 0.6 is 27.7 Å². The van der Waals surface area contributed by atoms with Gasteiger partial charge in [-0.3, -0.25) is 0 Å². The Bertz CT molecular complexity index is 484. The SMILES string of the molecule is CCNC(CSc1ccc(Br)cc1)c1ccccc1. The molecular weight excluding hydrogens is 318 g/mol. The Morgan fingerprint density at radius 1 is 1.05 bits per heavy atom. The molecule has 2 aromatic carbocycles. The van der Waals surface area contributed by atoms with E-state index in [9.17, 15) is 0 Å². The first kappa shape index (κ1) is 14.6. The minimum Gasteiger partial charge on any atom is -0.309 e. The summed E-state index contributed by atoms with van der Waals surface area (Å²) in [4.78, 5) is 1.31. The second-order valence-electron chi connectivity index (χ2n) is 4.29. The summed E-state index contributed by atoms with van der Waals surface area (Å²) in [6, 6.07) is 19.5. The molecule has 0 radical (unpaired) electrons. The second kappa shape index (κ2) is 7.73. The van der Waals surface area contributed by atoms with E-state index in [0.29, 0.717) is 6.04 Å². The van der Waals surface area contributed by atoms with Crippen LogP contribution in [-0.4, -0.2) is 12.3 Å². The summed E-state index contributed by atoms with van der Waals surface area (Å²) in [5.41, 5.74) is 1.36. The van der Waals surface area contributed by atoms with Crippen molar-refractivity contribution in [2.45, 2.75) is 17.9 Å². The Morgan fingerprint density at radius 3 is 2.37 bits per heavy atom. The number of nitrogens with one attached hydrogen (secondary N) is 1. The quantitative estimate of drug-likeness (QED) is 0.754. The van der Waals surface area contributed by atoms with Gasteiger partial charge in [0.1, 0.15) is 0 Å². The Morgan fingerprint density at radius 2 is 1.74 bits per heavy atom. The zero-order valence-electron chi connectivity index (χ0n) is 11.0. The summed E-state index contributed by atoms with van der Waals surface area (Å²) in [6.45, 7) is 3.14. The van der Waals surface area contributed by atoms with Gasteiger partial charge in [0.05, 0.1) is 0 Å². The molecule has 0 bridgehead atoms. The molecule has 0 fully saturated rings. The Balaban J connectivity index is 1.99. The average molecular weight is 336 g/mol. The molecule has 0 aliphatic carbocycles. The Kier molecular flexibility index (Phi) is 5.95. The van der Waals surface area contributed by atoms with E-state index in [1.807, 2.05) is 11.8 Å². The van der Waals surface area contributed by atoms with Gasteiger partial charge in [-0.1, -0.05) is 53.2 Å². The van der Waals surface area contributed by atoms with Gasteiger partial charge in [-0.05, 0) is 36.4 Å². The lowest BCUT2D eigenvalue weighted by Gasteiger charge is -2.18. The third-order valence-electron chi connectivity index (χ3n) is 2.88. The average Bonchev–Trinajstić information content (AvgIpc) is 2.46. The number of rotatable bonds is 6. The standard InChI is InChI=1S/C16H18BrNS/c1-2-18-16(13-6-4-3-5-7-13)12-19-15-10-8-14(17)9-11-15/h3-11,16,18H,2,12H2,1H3. The maximum absolute atomic E-state index is 3.55. The molecular formula is C16H18BrNS. The van der Waals surface area contributed by atoms with Crippen molar-refractivity contribution in [1.29, 1.82) is 0 Å². The molecule has 2 rings (SSSR count). The van der Waals surface area contributed by atoms with Gasteiger partial charge in [0.15, 0.2) is 0 Å². The topological polar surface area (TPSA) is 12.0 Å². The Labute approximate surface area is 127 Å². The second-order valence-corrected chi connectivity index (χ2v) is 6.29. The lowest BCUT2D eigenvalue weighted by molar-refractivity contribution is 0.606. The summed E-state index contributed by atoms with van der Waals surface area (Å²) < 4.78 is 1.13. The van der Waals surface area contributed by atoms with Crippen LogP contribution in [-0.2, 0) is 0 Å².